The van der Waals surface area contributed by atoms with Gasteiger partial charge < -0.3 is 9.72 Å². The number of aromatic nitrogens is 2. The molecule has 0 saturated heterocycles. The molecule has 1 N–H and O–H groups in total. The van der Waals surface area contributed by atoms with E-state index in [1.807, 2.05) is 22.6 Å². The number of aromatic amines is 1. The molecule has 4 nitrogen and oxygen atoms in total. The Bertz CT molecular complexity index is 378. The summed E-state index contributed by atoms with van der Waals surface area (Å²) in [7, 11) is 1.56. The van der Waals surface area contributed by atoms with Gasteiger partial charge in [0.2, 0.25) is 0 Å². The van der Waals surface area contributed by atoms with Gasteiger partial charge in [0, 0.05) is 7.11 Å². The summed E-state index contributed by atoms with van der Waals surface area (Å²) in [5, 5.41) is -0.310. The highest BCUT2D eigenvalue weighted by Crippen LogP contribution is 2.15. The predicted molar refractivity (Wildman–Crippen MR) is 62.6 cm³/mol. The van der Waals surface area contributed by atoms with Gasteiger partial charge in [-0.2, -0.15) is 0 Å². The van der Waals surface area contributed by atoms with Gasteiger partial charge >= 0.3 is 0 Å². The van der Waals surface area contributed by atoms with Crippen LogP contribution < -0.4 is 5.56 Å². The van der Waals surface area contributed by atoms with E-state index in [2.05, 4.69) is 9.97 Å². The monoisotopic (exact) mass is 328 g/mol. The molecule has 0 radical (unpaired) electrons. The van der Waals surface area contributed by atoms with Gasteiger partial charge in [-0.25, -0.2) is 4.98 Å². The standard InChI is InChI=1S/C8H10ClIN2O2/c1-4(9)7-11-5(3-14-2)6(10)8(13)12-7/h4H,3H2,1-2H3,(H,11,12,13). The van der Waals surface area contributed by atoms with Crippen LogP contribution in [-0.4, -0.2) is 17.1 Å². The van der Waals surface area contributed by atoms with E-state index in [0.717, 1.165) is 0 Å². The molecule has 0 saturated carbocycles. The quantitative estimate of drug-likeness (QED) is 0.680. The minimum Gasteiger partial charge on any atom is -0.378 e. The first-order chi connectivity index (χ1) is 6.56. The predicted octanol–water partition coefficient (Wildman–Crippen LogP) is 1.82. The van der Waals surface area contributed by atoms with Crippen molar-refractivity contribution in [1.82, 2.24) is 9.97 Å². The fourth-order valence-electron chi connectivity index (χ4n) is 0.945. The van der Waals surface area contributed by atoms with Crippen molar-refractivity contribution in [3.05, 3.63) is 25.4 Å². The summed E-state index contributed by atoms with van der Waals surface area (Å²) in [6.07, 6.45) is 0. The molecule has 0 spiro atoms. The second-order valence-electron chi connectivity index (χ2n) is 2.76. The average molecular weight is 329 g/mol. The van der Waals surface area contributed by atoms with Gasteiger partial charge in [-0.05, 0) is 29.5 Å². The Kier molecular flexibility index (Phi) is 4.33. The fraction of sp³-hybridized carbons (Fsp3) is 0.500. The molecule has 0 aliphatic rings. The van der Waals surface area contributed by atoms with Gasteiger partial charge in [0.05, 0.1) is 17.7 Å². The number of halogens is 2. The van der Waals surface area contributed by atoms with Crippen molar-refractivity contribution in [3.8, 4) is 0 Å². The molecule has 78 valence electrons. The fourth-order valence-corrected chi connectivity index (χ4v) is 1.46. The summed E-state index contributed by atoms with van der Waals surface area (Å²) in [5.41, 5.74) is 0.453. The summed E-state index contributed by atoms with van der Waals surface area (Å²) in [4.78, 5) is 18.2. The molecule has 1 aromatic heterocycles. The van der Waals surface area contributed by atoms with Crippen molar-refractivity contribution in [1.29, 1.82) is 0 Å². The van der Waals surface area contributed by atoms with Crippen LogP contribution >= 0.6 is 34.2 Å². The maximum absolute atomic E-state index is 11.4. The molecule has 1 heterocycles. The largest absolute Gasteiger partial charge is 0.378 e. The highest BCUT2D eigenvalue weighted by atomic mass is 127. The number of hydrogen-bond donors (Lipinski definition) is 1. The normalized spacial score (nSPS) is 12.9. The van der Waals surface area contributed by atoms with Gasteiger partial charge in [0.25, 0.3) is 5.56 Å². The Morgan fingerprint density at radius 3 is 2.86 bits per heavy atom. The van der Waals surface area contributed by atoms with E-state index < -0.39 is 0 Å². The van der Waals surface area contributed by atoms with Crippen LogP contribution in [0.4, 0.5) is 0 Å². The smallest absolute Gasteiger partial charge is 0.264 e. The summed E-state index contributed by atoms with van der Waals surface area (Å²) in [6, 6.07) is 0. The van der Waals surface area contributed by atoms with E-state index in [-0.39, 0.29) is 10.9 Å². The lowest BCUT2D eigenvalue weighted by Gasteiger charge is -2.06. The van der Waals surface area contributed by atoms with E-state index in [9.17, 15) is 4.79 Å². The van der Waals surface area contributed by atoms with Crippen LogP contribution in [0.1, 0.15) is 23.8 Å². The molecule has 0 aliphatic carbocycles. The lowest BCUT2D eigenvalue weighted by molar-refractivity contribution is 0.180. The molecule has 1 rings (SSSR count). The number of rotatable bonds is 3. The molecule has 1 atom stereocenters. The molecule has 14 heavy (non-hydrogen) atoms. The molecule has 1 unspecified atom stereocenters. The molecular formula is C8H10ClIN2O2. The first kappa shape index (κ1) is 11.9. The zero-order valence-corrected chi connectivity index (χ0v) is 10.7. The molecule has 1 aromatic rings. The first-order valence-corrected chi connectivity index (χ1v) is 5.49. The van der Waals surface area contributed by atoms with Crippen LogP contribution in [-0.2, 0) is 11.3 Å². The highest BCUT2D eigenvalue weighted by molar-refractivity contribution is 14.1. The summed E-state index contributed by atoms with van der Waals surface area (Å²) in [5.74, 6) is 0.476. The Balaban J connectivity index is 3.21. The van der Waals surface area contributed by atoms with Crippen LogP contribution in [0.25, 0.3) is 0 Å². The molecule has 0 fully saturated rings. The van der Waals surface area contributed by atoms with E-state index in [0.29, 0.717) is 21.7 Å². The van der Waals surface area contributed by atoms with Crippen LogP contribution in [0.2, 0.25) is 0 Å². The first-order valence-electron chi connectivity index (χ1n) is 3.98. The van der Waals surface area contributed by atoms with Crippen molar-refractivity contribution < 1.29 is 4.74 Å². The minimum absolute atomic E-state index is 0.171. The second kappa shape index (κ2) is 5.09. The lowest BCUT2D eigenvalue weighted by atomic mass is 10.3. The van der Waals surface area contributed by atoms with Gasteiger partial charge in [0.15, 0.2) is 0 Å². The third kappa shape index (κ3) is 2.68. The van der Waals surface area contributed by atoms with Gasteiger partial charge in [-0.15, -0.1) is 11.6 Å². The molecular weight excluding hydrogens is 318 g/mol. The molecule has 0 aromatic carbocycles. The molecule has 0 aliphatic heterocycles. The van der Waals surface area contributed by atoms with Gasteiger partial charge in [-0.1, -0.05) is 0 Å². The number of hydrogen-bond acceptors (Lipinski definition) is 3. The topological polar surface area (TPSA) is 55.0 Å². The van der Waals surface area contributed by atoms with Crippen LogP contribution in [0.5, 0.6) is 0 Å². The Morgan fingerprint density at radius 1 is 1.71 bits per heavy atom. The highest BCUT2D eigenvalue weighted by Gasteiger charge is 2.11. The number of ether oxygens (including phenoxy) is 1. The van der Waals surface area contributed by atoms with Crippen LogP contribution in [0.3, 0.4) is 0 Å². The summed E-state index contributed by atoms with van der Waals surface area (Å²) in [6.45, 7) is 2.07. The van der Waals surface area contributed by atoms with Crippen LogP contribution in [0, 0.1) is 3.57 Å². The van der Waals surface area contributed by atoms with Gasteiger partial charge in [-0.3, -0.25) is 4.79 Å². The van der Waals surface area contributed by atoms with E-state index >= 15 is 0 Å². The van der Waals surface area contributed by atoms with E-state index in [4.69, 9.17) is 16.3 Å². The number of nitrogens with zero attached hydrogens (tertiary/aromatic N) is 1. The van der Waals surface area contributed by atoms with Crippen molar-refractivity contribution in [2.24, 2.45) is 0 Å². The van der Waals surface area contributed by atoms with Crippen molar-refractivity contribution in [3.63, 3.8) is 0 Å². The van der Waals surface area contributed by atoms with Crippen molar-refractivity contribution >= 4 is 34.2 Å². The maximum atomic E-state index is 11.4. The summed E-state index contributed by atoms with van der Waals surface area (Å²) < 4.78 is 5.48. The Morgan fingerprint density at radius 2 is 2.36 bits per heavy atom. The Labute approximate surface area is 100 Å². The SMILES string of the molecule is COCc1nc(C(C)Cl)[nH]c(=O)c1I. The maximum Gasteiger partial charge on any atom is 0.264 e. The zero-order chi connectivity index (χ0) is 10.7. The van der Waals surface area contributed by atoms with Crippen molar-refractivity contribution in [2.45, 2.75) is 18.9 Å². The molecule has 6 heteroatoms. The molecule has 0 bridgehead atoms. The average Bonchev–Trinajstić information content (AvgIpc) is 2.12. The zero-order valence-electron chi connectivity index (χ0n) is 7.80. The number of methoxy groups -OCH3 is 1. The Hall–Kier alpha value is -0.140. The summed E-state index contributed by atoms with van der Waals surface area (Å²) >= 11 is 7.76. The van der Waals surface area contributed by atoms with Crippen LogP contribution in [0.15, 0.2) is 4.79 Å². The van der Waals surface area contributed by atoms with Crippen molar-refractivity contribution in [2.75, 3.05) is 7.11 Å². The minimum atomic E-state index is -0.310. The van der Waals surface area contributed by atoms with Gasteiger partial charge in [0.1, 0.15) is 9.39 Å². The number of H-pyrrole nitrogens is 1. The third-order valence-corrected chi connectivity index (χ3v) is 2.93. The number of nitrogens with one attached hydrogen (secondary N) is 1. The van der Waals surface area contributed by atoms with E-state index in [1.54, 1.807) is 14.0 Å². The second-order valence-corrected chi connectivity index (χ2v) is 4.49. The third-order valence-electron chi connectivity index (χ3n) is 1.61. The number of alkyl halides is 1. The van der Waals surface area contributed by atoms with E-state index in [1.165, 1.54) is 0 Å². The molecule has 0 amide bonds. The lowest BCUT2D eigenvalue weighted by Crippen LogP contribution is -2.18.